The number of likely N-dealkylation sites (tertiary alicyclic amines) is 1. The molecule has 0 spiro atoms. The lowest BCUT2D eigenvalue weighted by Crippen LogP contribution is -2.36. The van der Waals surface area contributed by atoms with Crippen molar-refractivity contribution in [3.63, 3.8) is 0 Å². The third kappa shape index (κ3) is 6.57. The first-order valence-electron chi connectivity index (χ1n) is 14.0. The molecule has 3 fully saturated rings. The largest absolute Gasteiger partial charge is 0.337 e. The van der Waals surface area contributed by atoms with Gasteiger partial charge in [0.15, 0.2) is 5.82 Å². The fraction of sp³-hybridized carbons (Fsp3) is 0.889. The van der Waals surface area contributed by atoms with Crippen LogP contribution in [0, 0.1) is 5.92 Å². The Labute approximate surface area is 195 Å². The van der Waals surface area contributed by atoms with Crippen LogP contribution in [0.25, 0.3) is 0 Å². The fourth-order valence-electron chi connectivity index (χ4n) is 6.19. The smallest absolute Gasteiger partial charge is 0.249 e. The van der Waals surface area contributed by atoms with Crippen molar-refractivity contribution >= 4 is 5.91 Å². The summed E-state index contributed by atoms with van der Waals surface area (Å²) in [4.78, 5) is 20.6. The maximum Gasteiger partial charge on any atom is 0.249 e. The molecule has 4 rings (SSSR count). The summed E-state index contributed by atoms with van der Waals surface area (Å²) in [6.45, 7) is 0.848. The molecule has 0 radical (unpaired) electrons. The van der Waals surface area contributed by atoms with E-state index in [1.165, 1.54) is 103 Å². The highest BCUT2D eigenvalue weighted by Crippen LogP contribution is 2.36. The molecule has 2 saturated carbocycles. The van der Waals surface area contributed by atoms with Gasteiger partial charge in [-0.3, -0.25) is 4.79 Å². The Hall–Kier alpha value is -1.39. The lowest BCUT2D eigenvalue weighted by molar-refractivity contribution is -0.137. The number of aromatic nitrogens is 2. The summed E-state index contributed by atoms with van der Waals surface area (Å²) < 4.78 is 5.82. The molecule has 5 nitrogen and oxygen atoms in total. The van der Waals surface area contributed by atoms with E-state index < -0.39 is 0 Å². The summed E-state index contributed by atoms with van der Waals surface area (Å²) in [5.74, 6) is 2.57. The number of nitrogens with zero attached hydrogens (tertiary/aromatic N) is 3. The molecule has 0 aromatic carbocycles. The zero-order valence-electron chi connectivity index (χ0n) is 20.2. The van der Waals surface area contributed by atoms with Crippen molar-refractivity contribution in [3.05, 3.63) is 11.7 Å². The number of rotatable bonds is 3. The van der Waals surface area contributed by atoms with Crippen LogP contribution in [0.1, 0.15) is 152 Å². The second-order valence-corrected chi connectivity index (χ2v) is 10.7. The van der Waals surface area contributed by atoms with E-state index in [0.717, 1.165) is 38.1 Å². The van der Waals surface area contributed by atoms with Crippen LogP contribution in [0.4, 0.5) is 0 Å². The minimum absolute atomic E-state index is 0.00121. The molecule has 32 heavy (non-hydrogen) atoms. The normalized spacial score (nSPS) is 26.1. The molecule has 2 heterocycles. The highest BCUT2D eigenvalue weighted by molar-refractivity contribution is 5.79. The van der Waals surface area contributed by atoms with Crippen molar-refractivity contribution in [2.45, 2.75) is 140 Å². The molecular weight excluding hydrogens is 398 g/mol. The predicted octanol–water partition coefficient (Wildman–Crippen LogP) is 7.48. The van der Waals surface area contributed by atoms with E-state index in [2.05, 4.69) is 10.1 Å². The van der Waals surface area contributed by atoms with E-state index >= 15 is 0 Å². The Morgan fingerprint density at radius 3 is 1.81 bits per heavy atom. The van der Waals surface area contributed by atoms with E-state index in [1.807, 2.05) is 0 Å². The van der Waals surface area contributed by atoms with Gasteiger partial charge in [-0.25, -0.2) is 0 Å². The molecule has 1 amide bonds. The SMILES string of the molecule is O=C(C1CCCCCCCCC1)N1CCCC1c1nc(C2CCCCCCCCC2)no1. The first-order valence-corrected chi connectivity index (χ1v) is 14.0. The van der Waals surface area contributed by atoms with Crippen LogP contribution in [0.5, 0.6) is 0 Å². The molecule has 180 valence electrons. The van der Waals surface area contributed by atoms with Gasteiger partial charge in [0.1, 0.15) is 6.04 Å². The van der Waals surface area contributed by atoms with E-state index in [4.69, 9.17) is 9.51 Å². The zero-order chi connectivity index (χ0) is 22.0. The molecule has 1 aliphatic heterocycles. The van der Waals surface area contributed by atoms with Gasteiger partial charge in [0.05, 0.1) is 0 Å². The number of amides is 1. The number of hydrogen-bond donors (Lipinski definition) is 0. The second-order valence-electron chi connectivity index (χ2n) is 10.7. The van der Waals surface area contributed by atoms with Crippen LogP contribution in [-0.4, -0.2) is 27.5 Å². The summed E-state index contributed by atoms with van der Waals surface area (Å²) in [5, 5.41) is 4.44. The third-order valence-corrected chi connectivity index (χ3v) is 8.20. The van der Waals surface area contributed by atoms with Gasteiger partial charge in [-0.1, -0.05) is 95.0 Å². The molecule has 0 N–H and O–H groups in total. The van der Waals surface area contributed by atoms with E-state index in [-0.39, 0.29) is 12.0 Å². The Morgan fingerprint density at radius 2 is 1.22 bits per heavy atom. The van der Waals surface area contributed by atoms with Crippen molar-refractivity contribution in [2.75, 3.05) is 6.54 Å². The topological polar surface area (TPSA) is 59.2 Å². The fourth-order valence-corrected chi connectivity index (χ4v) is 6.19. The van der Waals surface area contributed by atoms with Gasteiger partial charge in [-0.05, 0) is 38.5 Å². The molecule has 1 aromatic rings. The van der Waals surface area contributed by atoms with Crippen LogP contribution in [0.15, 0.2) is 4.52 Å². The minimum atomic E-state index is -0.00121. The third-order valence-electron chi connectivity index (χ3n) is 8.20. The number of carbonyl (C=O) groups is 1. The zero-order valence-corrected chi connectivity index (χ0v) is 20.2. The van der Waals surface area contributed by atoms with Gasteiger partial charge in [0.25, 0.3) is 0 Å². The molecule has 3 aliphatic rings. The number of hydrogen-bond acceptors (Lipinski definition) is 4. The summed E-state index contributed by atoms with van der Waals surface area (Å²) >= 11 is 0. The molecular formula is C27H45N3O2. The molecule has 1 aromatic heterocycles. The summed E-state index contributed by atoms with van der Waals surface area (Å²) in [6, 6.07) is -0.00121. The lowest BCUT2D eigenvalue weighted by Gasteiger charge is -2.27. The van der Waals surface area contributed by atoms with Crippen molar-refractivity contribution in [3.8, 4) is 0 Å². The number of carbonyl (C=O) groups excluding carboxylic acids is 1. The quantitative estimate of drug-likeness (QED) is 0.486. The molecule has 0 bridgehead atoms. The first kappa shape index (κ1) is 23.8. The standard InChI is InChI=1S/C27H45N3O2/c31-27(23-18-13-9-5-2-6-10-14-19-23)30-21-15-20-24(30)26-28-25(29-32-26)22-16-11-7-3-1-4-8-12-17-22/h22-24H,1-21H2. The molecule has 5 heteroatoms. The molecule has 1 atom stereocenters. The second kappa shape index (κ2) is 12.7. The minimum Gasteiger partial charge on any atom is -0.337 e. The van der Waals surface area contributed by atoms with Gasteiger partial charge in [-0.2, -0.15) is 4.98 Å². The van der Waals surface area contributed by atoms with E-state index in [0.29, 0.717) is 17.7 Å². The van der Waals surface area contributed by atoms with Crippen LogP contribution in [0.3, 0.4) is 0 Å². The first-order chi connectivity index (χ1) is 15.8. The molecule has 1 saturated heterocycles. The van der Waals surface area contributed by atoms with Gasteiger partial charge in [0, 0.05) is 18.4 Å². The van der Waals surface area contributed by atoms with Crippen molar-refractivity contribution in [1.29, 1.82) is 0 Å². The van der Waals surface area contributed by atoms with Crippen LogP contribution in [-0.2, 0) is 4.79 Å². The lowest BCUT2D eigenvalue weighted by atomic mass is 9.91. The average molecular weight is 444 g/mol. The van der Waals surface area contributed by atoms with Gasteiger partial charge in [-0.15, -0.1) is 0 Å². The predicted molar refractivity (Wildman–Crippen MR) is 127 cm³/mol. The Morgan fingerprint density at radius 1 is 0.688 bits per heavy atom. The summed E-state index contributed by atoms with van der Waals surface area (Å²) in [5.41, 5.74) is 0. The molecule has 2 aliphatic carbocycles. The van der Waals surface area contributed by atoms with Crippen LogP contribution >= 0.6 is 0 Å². The average Bonchev–Trinajstić information content (AvgIpc) is 3.50. The van der Waals surface area contributed by atoms with Crippen molar-refractivity contribution < 1.29 is 9.32 Å². The molecule has 1 unspecified atom stereocenters. The van der Waals surface area contributed by atoms with Crippen LogP contribution in [0.2, 0.25) is 0 Å². The monoisotopic (exact) mass is 443 g/mol. The Kier molecular flexibility index (Phi) is 9.46. The van der Waals surface area contributed by atoms with E-state index in [1.54, 1.807) is 0 Å². The van der Waals surface area contributed by atoms with E-state index in [9.17, 15) is 4.79 Å². The van der Waals surface area contributed by atoms with Crippen LogP contribution < -0.4 is 0 Å². The summed E-state index contributed by atoms with van der Waals surface area (Å²) in [6.07, 6.45) is 24.8. The summed E-state index contributed by atoms with van der Waals surface area (Å²) in [7, 11) is 0. The van der Waals surface area contributed by atoms with Gasteiger partial charge in [0.2, 0.25) is 11.8 Å². The maximum atomic E-state index is 13.5. The van der Waals surface area contributed by atoms with Gasteiger partial charge < -0.3 is 9.42 Å². The maximum absolute atomic E-state index is 13.5. The van der Waals surface area contributed by atoms with Crippen molar-refractivity contribution in [1.82, 2.24) is 15.0 Å². The van der Waals surface area contributed by atoms with Crippen molar-refractivity contribution in [2.24, 2.45) is 5.92 Å². The Bertz CT molecular complexity index is 668. The van der Waals surface area contributed by atoms with Gasteiger partial charge >= 0.3 is 0 Å². The highest BCUT2D eigenvalue weighted by atomic mass is 16.5. The highest BCUT2D eigenvalue weighted by Gasteiger charge is 2.37. The Balaban J connectivity index is 1.40.